The maximum Gasteiger partial charge on any atom is 0.280 e. The predicted octanol–water partition coefficient (Wildman–Crippen LogP) is 6.96. The van der Waals surface area contributed by atoms with E-state index in [0.29, 0.717) is 11.3 Å². The van der Waals surface area contributed by atoms with Crippen LogP contribution in [0.3, 0.4) is 0 Å². The third-order valence-electron chi connectivity index (χ3n) is 6.21. The number of amides is 1. The topological polar surface area (TPSA) is 80.7 Å². The van der Waals surface area contributed by atoms with Crippen molar-refractivity contribution < 1.29 is 9.72 Å². The molecule has 1 aliphatic heterocycles. The molecule has 0 N–H and O–H groups in total. The number of hydrogen-bond acceptors (Lipinski definition) is 5. The SMILES string of the molecule is CC1=NN(c2ccccc2)C(=O)/C1=C/c1cc(C)n(-c2ccc(Sc3ccc([N+](=O)[O-])cc3)cc2)c1C. The minimum Gasteiger partial charge on any atom is -0.318 e. The van der Waals surface area contributed by atoms with Crippen molar-refractivity contribution in [3.8, 4) is 5.69 Å². The molecule has 7 nitrogen and oxygen atoms in total. The molecule has 1 aromatic heterocycles. The Morgan fingerprint density at radius 2 is 1.49 bits per heavy atom. The maximum absolute atomic E-state index is 13.1. The standard InChI is InChI=1S/C29H24N4O3S/c1-19-17-22(18-28-20(2)30-32(29(28)34)24-7-5-4-6-8-24)21(3)31(19)23-9-13-26(14-10-23)37-27-15-11-25(12-16-27)33(35)36/h4-18H,1-3H3/b28-18+. The summed E-state index contributed by atoms with van der Waals surface area (Å²) >= 11 is 1.55. The fraction of sp³-hybridized carbons (Fsp3) is 0.103. The van der Waals surface area contributed by atoms with Crippen LogP contribution in [0.1, 0.15) is 23.9 Å². The van der Waals surface area contributed by atoms with Gasteiger partial charge in [-0.25, -0.2) is 0 Å². The number of nitro benzene ring substituents is 1. The van der Waals surface area contributed by atoms with Crippen LogP contribution in [0.4, 0.5) is 11.4 Å². The first-order chi connectivity index (χ1) is 17.8. The molecule has 8 heteroatoms. The summed E-state index contributed by atoms with van der Waals surface area (Å²) in [6.07, 6.45) is 1.92. The molecule has 0 unspecified atom stereocenters. The van der Waals surface area contributed by atoms with Gasteiger partial charge < -0.3 is 4.57 Å². The van der Waals surface area contributed by atoms with Gasteiger partial charge in [0.25, 0.3) is 11.6 Å². The van der Waals surface area contributed by atoms with Crippen LogP contribution >= 0.6 is 11.8 Å². The molecular formula is C29H24N4O3S. The van der Waals surface area contributed by atoms with Crippen molar-refractivity contribution in [1.29, 1.82) is 0 Å². The lowest BCUT2D eigenvalue weighted by Gasteiger charge is -2.11. The lowest BCUT2D eigenvalue weighted by Crippen LogP contribution is -2.21. The molecule has 0 saturated heterocycles. The molecule has 0 atom stereocenters. The zero-order chi connectivity index (χ0) is 26.1. The fourth-order valence-corrected chi connectivity index (χ4v) is 5.17. The molecule has 1 aliphatic rings. The largest absolute Gasteiger partial charge is 0.318 e. The minimum atomic E-state index is -0.398. The Labute approximate surface area is 218 Å². The van der Waals surface area contributed by atoms with E-state index >= 15 is 0 Å². The van der Waals surface area contributed by atoms with Gasteiger partial charge in [-0.15, -0.1) is 0 Å². The lowest BCUT2D eigenvalue weighted by atomic mass is 10.1. The molecule has 2 heterocycles. The van der Waals surface area contributed by atoms with Gasteiger partial charge >= 0.3 is 0 Å². The number of carbonyl (C=O) groups is 1. The van der Waals surface area contributed by atoms with E-state index in [9.17, 15) is 14.9 Å². The molecule has 0 saturated carbocycles. The number of aryl methyl sites for hydroxylation is 1. The Kier molecular flexibility index (Phi) is 6.50. The van der Waals surface area contributed by atoms with Crippen molar-refractivity contribution in [3.05, 3.63) is 118 Å². The van der Waals surface area contributed by atoms with Crippen LogP contribution < -0.4 is 5.01 Å². The highest BCUT2D eigenvalue weighted by molar-refractivity contribution is 7.99. The normalized spacial score (nSPS) is 14.4. The van der Waals surface area contributed by atoms with Crippen LogP contribution in [0, 0.1) is 24.0 Å². The van der Waals surface area contributed by atoms with Crippen molar-refractivity contribution in [2.45, 2.75) is 30.6 Å². The summed E-state index contributed by atoms with van der Waals surface area (Å²) in [5.41, 5.74) is 6.16. The van der Waals surface area contributed by atoms with Gasteiger partial charge in [0.1, 0.15) is 0 Å². The van der Waals surface area contributed by atoms with Gasteiger partial charge in [-0.2, -0.15) is 10.1 Å². The molecule has 184 valence electrons. The summed E-state index contributed by atoms with van der Waals surface area (Å²) in [5.74, 6) is -0.138. The van der Waals surface area contributed by atoms with E-state index in [2.05, 4.69) is 27.9 Å². The molecule has 37 heavy (non-hydrogen) atoms. The molecule has 3 aromatic carbocycles. The second kappa shape index (κ2) is 9.91. The van der Waals surface area contributed by atoms with Gasteiger partial charge in [0.2, 0.25) is 0 Å². The van der Waals surface area contributed by atoms with Gasteiger partial charge in [0.15, 0.2) is 0 Å². The van der Waals surface area contributed by atoms with Crippen molar-refractivity contribution in [2.24, 2.45) is 5.10 Å². The van der Waals surface area contributed by atoms with Crippen molar-refractivity contribution in [1.82, 2.24) is 4.57 Å². The van der Waals surface area contributed by atoms with Crippen molar-refractivity contribution in [3.63, 3.8) is 0 Å². The van der Waals surface area contributed by atoms with Crippen LogP contribution in [0.2, 0.25) is 0 Å². The summed E-state index contributed by atoms with van der Waals surface area (Å²) < 4.78 is 2.16. The van der Waals surface area contributed by atoms with E-state index in [1.165, 1.54) is 17.1 Å². The summed E-state index contributed by atoms with van der Waals surface area (Å²) in [5, 5.41) is 16.8. The first-order valence-corrected chi connectivity index (χ1v) is 12.5. The van der Waals surface area contributed by atoms with Gasteiger partial charge in [-0.1, -0.05) is 30.0 Å². The molecule has 0 aliphatic carbocycles. The molecule has 5 rings (SSSR count). The van der Waals surface area contributed by atoms with E-state index in [-0.39, 0.29) is 11.6 Å². The number of hydrazone groups is 1. The van der Waals surface area contributed by atoms with Crippen molar-refractivity contribution >= 4 is 40.8 Å². The van der Waals surface area contributed by atoms with Gasteiger partial charge in [-0.3, -0.25) is 14.9 Å². The van der Waals surface area contributed by atoms with E-state index in [0.717, 1.165) is 38.1 Å². The molecule has 0 fully saturated rings. The third kappa shape index (κ3) is 4.83. The van der Waals surface area contributed by atoms with E-state index in [1.54, 1.807) is 23.9 Å². The molecule has 0 bridgehead atoms. The quantitative estimate of drug-likeness (QED) is 0.160. The third-order valence-corrected chi connectivity index (χ3v) is 7.23. The van der Waals surface area contributed by atoms with Crippen LogP contribution in [-0.2, 0) is 4.79 Å². The average molecular weight is 509 g/mol. The van der Waals surface area contributed by atoms with Gasteiger partial charge in [0, 0.05) is 39.0 Å². The van der Waals surface area contributed by atoms with Gasteiger partial charge in [0.05, 0.1) is 21.9 Å². The summed E-state index contributed by atoms with van der Waals surface area (Å²) in [7, 11) is 0. The molecule has 1 amide bonds. The maximum atomic E-state index is 13.1. The smallest absolute Gasteiger partial charge is 0.280 e. The van der Waals surface area contributed by atoms with E-state index < -0.39 is 4.92 Å². The van der Waals surface area contributed by atoms with Crippen LogP contribution in [0.25, 0.3) is 11.8 Å². The van der Waals surface area contributed by atoms with E-state index in [1.807, 2.05) is 69.3 Å². The zero-order valence-corrected chi connectivity index (χ0v) is 21.4. The summed E-state index contributed by atoms with van der Waals surface area (Å²) in [6, 6.07) is 26.2. The molecule has 4 aromatic rings. The van der Waals surface area contributed by atoms with Crippen LogP contribution in [0.15, 0.2) is 105 Å². The number of anilines is 1. The number of aromatic nitrogens is 1. The number of para-hydroxylation sites is 1. The van der Waals surface area contributed by atoms with Crippen molar-refractivity contribution in [2.75, 3.05) is 5.01 Å². The van der Waals surface area contributed by atoms with E-state index in [4.69, 9.17) is 0 Å². The second-order valence-electron chi connectivity index (χ2n) is 8.70. The summed E-state index contributed by atoms with van der Waals surface area (Å²) in [6.45, 7) is 5.94. The summed E-state index contributed by atoms with van der Waals surface area (Å²) in [4.78, 5) is 25.6. The monoisotopic (exact) mass is 508 g/mol. The van der Waals surface area contributed by atoms with Crippen LogP contribution in [-0.4, -0.2) is 21.1 Å². The number of benzene rings is 3. The number of nitrogens with zero attached hydrogens (tertiary/aromatic N) is 4. The van der Waals surface area contributed by atoms with Gasteiger partial charge in [-0.05, 0) is 87.0 Å². The Hall–Kier alpha value is -4.43. The fourth-order valence-electron chi connectivity index (χ4n) is 4.35. The Morgan fingerprint density at radius 3 is 2.11 bits per heavy atom. The minimum absolute atomic E-state index is 0.0811. The first kappa shape index (κ1) is 24.3. The molecule has 0 spiro atoms. The number of hydrogen-bond donors (Lipinski definition) is 0. The predicted molar refractivity (Wildman–Crippen MR) is 147 cm³/mol. The first-order valence-electron chi connectivity index (χ1n) is 11.7. The highest BCUT2D eigenvalue weighted by Gasteiger charge is 2.29. The molecule has 0 radical (unpaired) electrons. The number of nitro groups is 1. The Bertz CT molecular complexity index is 1550. The Morgan fingerprint density at radius 1 is 0.865 bits per heavy atom. The molecular weight excluding hydrogens is 484 g/mol. The second-order valence-corrected chi connectivity index (χ2v) is 9.85. The zero-order valence-electron chi connectivity index (χ0n) is 20.6. The highest BCUT2D eigenvalue weighted by atomic mass is 32.2. The van der Waals surface area contributed by atoms with Crippen LogP contribution in [0.5, 0.6) is 0 Å². The lowest BCUT2D eigenvalue weighted by molar-refractivity contribution is -0.384. The highest BCUT2D eigenvalue weighted by Crippen LogP contribution is 2.31. The number of rotatable bonds is 6. The average Bonchev–Trinajstić information content (AvgIpc) is 3.34. The Balaban J connectivity index is 1.38. The number of non-ortho nitro benzene ring substituents is 1. The number of carbonyl (C=O) groups excluding carboxylic acids is 1.